The van der Waals surface area contributed by atoms with Crippen LogP contribution in [0.1, 0.15) is 47.1 Å². The van der Waals surface area contributed by atoms with Crippen molar-refractivity contribution in [3.63, 3.8) is 0 Å². The summed E-state index contributed by atoms with van der Waals surface area (Å²) in [5.41, 5.74) is 3.13. The fourth-order valence-electron chi connectivity index (χ4n) is 3.01. The quantitative estimate of drug-likeness (QED) is 0.592. The molecule has 0 spiro atoms. The molecule has 0 saturated carbocycles. The lowest BCUT2D eigenvalue weighted by Gasteiger charge is -2.19. The predicted molar refractivity (Wildman–Crippen MR) is 120 cm³/mol. The highest BCUT2D eigenvalue weighted by atomic mass is 16.5. The standard InChI is InChI=1S/C25H26N2O3/c1-25(2,3)18-14-12-17(13-15-18)23(28)27-22-11-6-5-10-21(22)24(29)26-19-8-7-9-20(16-19)30-4/h5-16H,1-4H3,(H,26,29)(H,27,28). The van der Waals surface area contributed by atoms with E-state index in [0.29, 0.717) is 28.3 Å². The van der Waals surface area contributed by atoms with Crippen molar-refractivity contribution in [2.24, 2.45) is 0 Å². The van der Waals surface area contributed by atoms with E-state index in [1.165, 1.54) is 0 Å². The molecule has 3 aromatic carbocycles. The lowest BCUT2D eigenvalue weighted by Crippen LogP contribution is -2.18. The summed E-state index contributed by atoms with van der Waals surface area (Å²) in [6.45, 7) is 6.37. The minimum atomic E-state index is -0.317. The van der Waals surface area contributed by atoms with Crippen LogP contribution in [-0.4, -0.2) is 18.9 Å². The average molecular weight is 402 g/mol. The van der Waals surface area contributed by atoms with Crippen molar-refractivity contribution in [3.8, 4) is 5.75 Å². The fraction of sp³-hybridized carbons (Fsp3) is 0.200. The number of carbonyl (C=O) groups is 2. The third-order valence-electron chi connectivity index (χ3n) is 4.76. The molecular formula is C25H26N2O3. The molecule has 2 N–H and O–H groups in total. The highest BCUT2D eigenvalue weighted by Crippen LogP contribution is 2.24. The molecule has 0 aliphatic rings. The maximum absolute atomic E-state index is 12.8. The van der Waals surface area contributed by atoms with E-state index in [-0.39, 0.29) is 17.2 Å². The SMILES string of the molecule is COc1cccc(NC(=O)c2ccccc2NC(=O)c2ccc(C(C)(C)C)cc2)c1. The van der Waals surface area contributed by atoms with Crippen LogP contribution in [0.2, 0.25) is 0 Å². The molecule has 0 aliphatic carbocycles. The molecule has 0 aliphatic heterocycles. The van der Waals surface area contributed by atoms with Gasteiger partial charge in [-0.05, 0) is 47.4 Å². The van der Waals surface area contributed by atoms with E-state index in [4.69, 9.17) is 4.74 Å². The second-order valence-electron chi connectivity index (χ2n) is 8.01. The van der Waals surface area contributed by atoms with E-state index in [9.17, 15) is 9.59 Å². The van der Waals surface area contributed by atoms with Gasteiger partial charge < -0.3 is 15.4 Å². The van der Waals surface area contributed by atoms with Crippen LogP contribution in [0.3, 0.4) is 0 Å². The molecule has 5 heteroatoms. The second kappa shape index (κ2) is 8.82. The normalized spacial score (nSPS) is 10.9. The van der Waals surface area contributed by atoms with E-state index in [1.807, 2.05) is 12.1 Å². The largest absolute Gasteiger partial charge is 0.497 e. The number of nitrogens with one attached hydrogen (secondary N) is 2. The third kappa shape index (κ3) is 5.06. The summed E-state index contributed by atoms with van der Waals surface area (Å²) >= 11 is 0. The monoisotopic (exact) mass is 402 g/mol. The van der Waals surface area contributed by atoms with E-state index < -0.39 is 0 Å². The van der Waals surface area contributed by atoms with Crippen LogP contribution in [0.5, 0.6) is 5.75 Å². The Morgan fingerprint density at radius 3 is 2.17 bits per heavy atom. The van der Waals surface area contributed by atoms with Crippen LogP contribution in [0.15, 0.2) is 72.8 Å². The number of amides is 2. The van der Waals surface area contributed by atoms with Crippen molar-refractivity contribution >= 4 is 23.2 Å². The van der Waals surface area contributed by atoms with Gasteiger partial charge in [0.05, 0.1) is 18.4 Å². The molecule has 5 nitrogen and oxygen atoms in total. The lowest BCUT2D eigenvalue weighted by molar-refractivity contribution is 0.102. The minimum Gasteiger partial charge on any atom is -0.497 e. The first-order valence-electron chi connectivity index (χ1n) is 9.74. The van der Waals surface area contributed by atoms with Gasteiger partial charge in [-0.25, -0.2) is 0 Å². The van der Waals surface area contributed by atoms with Gasteiger partial charge >= 0.3 is 0 Å². The van der Waals surface area contributed by atoms with Gasteiger partial charge in [0.15, 0.2) is 0 Å². The predicted octanol–water partition coefficient (Wildman–Crippen LogP) is 5.50. The van der Waals surface area contributed by atoms with E-state index in [2.05, 4.69) is 31.4 Å². The Morgan fingerprint density at radius 1 is 0.800 bits per heavy atom. The van der Waals surface area contributed by atoms with Crippen LogP contribution < -0.4 is 15.4 Å². The molecule has 0 radical (unpaired) electrons. The van der Waals surface area contributed by atoms with Crippen LogP contribution in [0.25, 0.3) is 0 Å². The van der Waals surface area contributed by atoms with Crippen LogP contribution in [0, 0.1) is 0 Å². The third-order valence-corrected chi connectivity index (χ3v) is 4.76. The molecular weight excluding hydrogens is 376 g/mol. The van der Waals surface area contributed by atoms with Crippen molar-refractivity contribution in [2.75, 3.05) is 17.7 Å². The van der Waals surface area contributed by atoms with E-state index in [1.54, 1.807) is 67.8 Å². The number of methoxy groups -OCH3 is 1. The number of rotatable bonds is 5. The topological polar surface area (TPSA) is 67.4 Å². The summed E-state index contributed by atoms with van der Waals surface area (Å²) in [7, 11) is 1.57. The van der Waals surface area contributed by atoms with Gasteiger partial charge in [-0.1, -0.05) is 51.1 Å². The number of hydrogen-bond acceptors (Lipinski definition) is 3. The number of para-hydroxylation sites is 1. The van der Waals surface area contributed by atoms with Gasteiger partial charge in [-0.15, -0.1) is 0 Å². The molecule has 3 aromatic rings. The van der Waals surface area contributed by atoms with Crippen molar-refractivity contribution < 1.29 is 14.3 Å². The molecule has 0 heterocycles. The molecule has 2 amide bonds. The number of anilines is 2. The van der Waals surface area contributed by atoms with E-state index in [0.717, 1.165) is 5.56 Å². The first-order valence-corrected chi connectivity index (χ1v) is 9.74. The first-order chi connectivity index (χ1) is 14.3. The molecule has 0 saturated heterocycles. The minimum absolute atomic E-state index is 0.0137. The summed E-state index contributed by atoms with van der Waals surface area (Å²) in [6.07, 6.45) is 0. The maximum atomic E-state index is 12.8. The highest BCUT2D eigenvalue weighted by molar-refractivity contribution is 6.12. The van der Waals surface area contributed by atoms with Gasteiger partial charge in [0.25, 0.3) is 11.8 Å². The van der Waals surface area contributed by atoms with Crippen LogP contribution in [-0.2, 0) is 5.41 Å². The van der Waals surface area contributed by atoms with Crippen molar-refractivity contribution in [1.82, 2.24) is 0 Å². The smallest absolute Gasteiger partial charge is 0.257 e. The summed E-state index contributed by atoms with van der Waals surface area (Å²) < 4.78 is 5.19. The van der Waals surface area contributed by atoms with Crippen molar-refractivity contribution in [3.05, 3.63) is 89.5 Å². The number of carbonyl (C=O) groups excluding carboxylic acids is 2. The molecule has 30 heavy (non-hydrogen) atoms. The maximum Gasteiger partial charge on any atom is 0.257 e. The Morgan fingerprint density at radius 2 is 1.50 bits per heavy atom. The van der Waals surface area contributed by atoms with E-state index >= 15 is 0 Å². The Balaban J connectivity index is 1.77. The highest BCUT2D eigenvalue weighted by Gasteiger charge is 2.17. The van der Waals surface area contributed by atoms with Crippen LogP contribution >= 0.6 is 0 Å². The number of benzene rings is 3. The van der Waals surface area contributed by atoms with Crippen LogP contribution in [0.4, 0.5) is 11.4 Å². The zero-order valence-corrected chi connectivity index (χ0v) is 17.7. The fourth-order valence-corrected chi connectivity index (χ4v) is 3.01. The molecule has 0 bridgehead atoms. The molecule has 0 aromatic heterocycles. The first kappa shape index (κ1) is 21.1. The molecule has 0 fully saturated rings. The summed E-state index contributed by atoms with van der Waals surface area (Å²) in [6, 6.07) is 21.5. The van der Waals surface area contributed by atoms with Gasteiger partial charge in [0.2, 0.25) is 0 Å². The Bertz CT molecular complexity index is 1050. The van der Waals surface area contributed by atoms with Crippen molar-refractivity contribution in [2.45, 2.75) is 26.2 Å². The summed E-state index contributed by atoms with van der Waals surface area (Å²) in [5.74, 6) is 0.0624. The molecule has 0 atom stereocenters. The zero-order valence-electron chi connectivity index (χ0n) is 17.7. The molecule has 3 rings (SSSR count). The summed E-state index contributed by atoms with van der Waals surface area (Å²) in [5, 5.41) is 5.69. The van der Waals surface area contributed by atoms with Gasteiger partial charge in [-0.2, -0.15) is 0 Å². The second-order valence-corrected chi connectivity index (χ2v) is 8.01. The molecule has 0 unspecified atom stereocenters. The number of hydrogen-bond donors (Lipinski definition) is 2. The summed E-state index contributed by atoms with van der Waals surface area (Å²) in [4.78, 5) is 25.5. The van der Waals surface area contributed by atoms with Gasteiger partial charge in [-0.3, -0.25) is 9.59 Å². The number of ether oxygens (including phenoxy) is 1. The molecule has 154 valence electrons. The van der Waals surface area contributed by atoms with Gasteiger partial charge in [0.1, 0.15) is 5.75 Å². The average Bonchev–Trinajstić information content (AvgIpc) is 2.73. The lowest BCUT2D eigenvalue weighted by atomic mass is 9.86. The Labute approximate surface area is 177 Å². The Kier molecular flexibility index (Phi) is 6.21. The van der Waals surface area contributed by atoms with Crippen molar-refractivity contribution in [1.29, 1.82) is 0 Å². The Hall–Kier alpha value is -3.60. The van der Waals surface area contributed by atoms with Gasteiger partial charge in [0, 0.05) is 17.3 Å². The zero-order chi connectivity index (χ0) is 21.7.